The van der Waals surface area contributed by atoms with E-state index < -0.39 is 0 Å². The fourth-order valence-corrected chi connectivity index (χ4v) is 2.09. The van der Waals surface area contributed by atoms with Gasteiger partial charge in [0.15, 0.2) is 11.9 Å². The molecule has 0 saturated carbocycles. The van der Waals surface area contributed by atoms with Crippen molar-refractivity contribution in [2.75, 3.05) is 7.05 Å². The molecule has 0 saturated heterocycles. The van der Waals surface area contributed by atoms with Gasteiger partial charge in [-0.2, -0.15) is 4.98 Å². The van der Waals surface area contributed by atoms with Crippen LogP contribution in [0.2, 0.25) is 0 Å². The lowest BCUT2D eigenvalue weighted by molar-refractivity contribution is 0.175. The predicted molar refractivity (Wildman–Crippen MR) is 93.3 cm³/mol. The second kappa shape index (κ2) is 8.89. The monoisotopic (exact) mass is 339 g/mol. The van der Waals surface area contributed by atoms with Crippen molar-refractivity contribution in [1.29, 1.82) is 0 Å². The summed E-state index contributed by atoms with van der Waals surface area (Å²) >= 11 is 0. The molecule has 23 heavy (non-hydrogen) atoms. The maximum atomic E-state index is 5.92. The Morgan fingerprint density at radius 1 is 1.22 bits per heavy atom. The van der Waals surface area contributed by atoms with Gasteiger partial charge in [-0.3, -0.25) is 0 Å². The Morgan fingerprint density at radius 3 is 2.61 bits per heavy atom. The lowest BCUT2D eigenvalue weighted by atomic mass is 10.0. The zero-order valence-electron chi connectivity index (χ0n) is 14.4. The highest BCUT2D eigenvalue weighted by atomic mass is 35.5. The largest absolute Gasteiger partial charge is 0.481 e. The Morgan fingerprint density at radius 2 is 1.96 bits per heavy atom. The number of aromatic nitrogens is 2. The molecular formula is C17H26ClN3O2. The van der Waals surface area contributed by atoms with E-state index in [1.54, 1.807) is 0 Å². The molecule has 2 atom stereocenters. The molecule has 128 valence electrons. The van der Waals surface area contributed by atoms with Gasteiger partial charge in [-0.05, 0) is 44.5 Å². The van der Waals surface area contributed by atoms with Crippen LogP contribution < -0.4 is 10.1 Å². The number of hydrogen-bond acceptors (Lipinski definition) is 5. The standard InChI is InChI=1S/C17H25N3O2.ClH/c1-11(2)14-7-6-8-15(10-14)21-13(4)17-19-16(20-22-17)9-12(3)18-5;/h6-8,10-13,18H,9H2,1-5H3;1H. The number of likely N-dealkylation sites (N-methyl/N-ethyl adjacent to an activating group) is 1. The molecule has 0 amide bonds. The van der Waals surface area contributed by atoms with Gasteiger partial charge in [-0.1, -0.05) is 31.1 Å². The molecule has 0 aliphatic heterocycles. The van der Waals surface area contributed by atoms with Gasteiger partial charge >= 0.3 is 0 Å². The van der Waals surface area contributed by atoms with E-state index in [4.69, 9.17) is 9.26 Å². The van der Waals surface area contributed by atoms with Gasteiger partial charge in [-0.25, -0.2) is 0 Å². The lowest BCUT2D eigenvalue weighted by Gasteiger charge is -2.13. The van der Waals surface area contributed by atoms with E-state index in [2.05, 4.69) is 48.4 Å². The first-order valence-corrected chi connectivity index (χ1v) is 7.76. The van der Waals surface area contributed by atoms with Crippen LogP contribution in [0.15, 0.2) is 28.8 Å². The maximum Gasteiger partial charge on any atom is 0.267 e. The van der Waals surface area contributed by atoms with Crippen molar-refractivity contribution in [1.82, 2.24) is 15.5 Å². The minimum atomic E-state index is -0.270. The number of benzene rings is 1. The molecule has 2 rings (SSSR count). The molecule has 0 aliphatic carbocycles. The third-order valence-electron chi connectivity index (χ3n) is 3.65. The van der Waals surface area contributed by atoms with E-state index in [-0.39, 0.29) is 18.5 Å². The van der Waals surface area contributed by atoms with Gasteiger partial charge in [0.2, 0.25) is 0 Å². The Bertz CT molecular complexity index is 601. The number of hydrogen-bond donors (Lipinski definition) is 1. The highest BCUT2D eigenvalue weighted by molar-refractivity contribution is 5.85. The first kappa shape index (κ1) is 19.5. The zero-order valence-corrected chi connectivity index (χ0v) is 15.2. The van der Waals surface area contributed by atoms with Gasteiger partial charge in [-0.15, -0.1) is 12.4 Å². The van der Waals surface area contributed by atoms with Crippen LogP contribution in [-0.2, 0) is 6.42 Å². The Kier molecular flexibility index (Phi) is 7.52. The molecule has 1 aromatic carbocycles. The van der Waals surface area contributed by atoms with Gasteiger partial charge in [0, 0.05) is 12.5 Å². The average Bonchev–Trinajstić information content (AvgIpc) is 2.96. The van der Waals surface area contributed by atoms with E-state index in [1.165, 1.54) is 5.56 Å². The summed E-state index contributed by atoms with van der Waals surface area (Å²) in [5, 5.41) is 7.16. The summed E-state index contributed by atoms with van der Waals surface area (Å²) in [5.41, 5.74) is 1.25. The second-order valence-corrected chi connectivity index (χ2v) is 5.93. The molecule has 0 radical (unpaired) electrons. The van der Waals surface area contributed by atoms with Gasteiger partial charge in [0.05, 0.1) is 0 Å². The molecular weight excluding hydrogens is 314 g/mol. The molecule has 0 spiro atoms. The van der Waals surface area contributed by atoms with Crippen LogP contribution in [-0.4, -0.2) is 23.2 Å². The minimum Gasteiger partial charge on any atom is -0.481 e. The molecule has 5 nitrogen and oxygen atoms in total. The smallest absolute Gasteiger partial charge is 0.267 e. The number of rotatable bonds is 7. The topological polar surface area (TPSA) is 60.2 Å². The number of halogens is 1. The summed E-state index contributed by atoms with van der Waals surface area (Å²) < 4.78 is 11.2. The molecule has 1 N–H and O–H groups in total. The Hall–Kier alpha value is -1.59. The molecule has 0 bridgehead atoms. The maximum absolute atomic E-state index is 5.92. The molecule has 0 aliphatic rings. The van der Waals surface area contributed by atoms with E-state index in [0.29, 0.717) is 23.7 Å². The molecule has 1 aromatic heterocycles. The molecule has 2 unspecified atom stereocenters. The quantitative estimate of drug-likeness (QED) is 0.828. The predicted octanol–water partition coefficient (Wildman–Crippen LogP) is 3.91. The average molecular weight is 340 g/mol. The second-order valence-electron chi connectivity index (χ2n) is 5.93. The normalized spacial score (nSPS) is 13.5. The molecule has 0 fully saturated rings. The van der Waals surface area contributed by atoms with Crippen molar-refractivity contribution < 1.29 is 9.26 Å². The molecule has 6 heteroatoms. The first-order chi connectivity index (χ1) is 10.5. The van der Waals surface area contributed by atoms with E-state index >= 15 is 0 Å². The van der Waals surface area contributed by atoms with E-state index in [1.807, 2.05) is 26.1 Å². The van der Waals surface area contributed by atoms with Crippen LogP contribution in [0.4, 0.5) is 0 Å². The van der Waals surface area contributed by atoms with Gasteiger partial charge < -0.3 is 14.6 Å². The van der Waals surface area contributed by atoms with Crippen molar-refractivity contribution in [3.8, 4) is 5.75 Å². The third-order valence-corrected chi connectivity index (χ3v) is 3.65. The molecule has 2 aromatic rings. The summed E-state index contributed by atoms with van der Waals surface area (Å²) in [4.78, 5) is 4.41. The van der Waals surface area contributed by atoms with Crippen molar-refractivity contribution >= 4 is 12.4 Å². The fraction of sp³-hybridized carbons (Fsp3) is 0.529. The number of ether oxygens (including phenoxy) is 1. The van der Waals surface area contributed by atoms with Gasteiger partial charge in [0.1, 0.15) is 5.75 Å². The number of nitrogens with zero attached hydrogens (tertiary/aromatic N) is 2. The fourth-order valence-electron chi connectivity index (χ4n) is 2.09. The summed E-state index contributed by atoms with van der Waals surface area (Å²) in [7, 11) is 1.92. The summed E-state index contributed by atoms with van der Waals surface area (Å²) in [6.07, 6.45) is 0.462. The number of nitrogens with one attached hydrogen (secondary N) is 1. The van der Waals surface area contributed by atoms with Crippen LogP contribution in [0, 0.1) is 0 Å². The SMILES string of the molecule is CNC(C)Cc1noc(C(C)Oc2cccc(C(C)C)c2)n1.Cl. The van der Waals surface area contributed by atoms with Crippen LogP contribution in [0.25, 0.3) is 0 Å². The van der Waals surface area contributed by atoms with Crippen LogP contribution in [0.1, 0.15) is 57.0 Å². The summed E-state index contributed by atoms with van der Waals surface area (Å²) in [6.45, 7) is 8.32. The highest BCUT2D eigenvalue weighted by Gasteiger charge is 2.17. The van der Waals surface area contributed by atoms with Crippen molar-refractivity contribution in [2.45, 2.75) is 52.2 Å². The van der Waals surface area contributed by atoms with E-state index in [9.17, 15) is 0 Å². The lowest BCUT2D eigenvalue weighted by Crippen LogP contribution is -2.24. The van der Waals surface area contributed by atoms with Crippen molar-refractivity contribution in [3.05, 3.63) is 41.5 Å². The van der Waals surface area contributed by atoms with Crippen LogP contribution in [0.5, 0.6) is 5.75 Å². The minimum absolute atomic E-state index is 0. The van der Waals surface area contributed by atoms with Crippen molar-refractivity contribution in [3.63, 3.8) is 0 Å². The summed E-state index contributed by atoms with van der Waals surface area (Å²) in [5.74, 6) is 2.50. The van der Waals surface area contributed by atoms with Gasteiger partial charge in [0.25, 0.3) is 5.89 Å². The highest BCUT2D eigenvalue weighted by Crippen LogP contribution is 2.24. The molecule has 1 heterocycles. The van der Waals surface area contributed by atoms with E-state index in [0.717, 1.165) is 12.2 Å². The Labute approximate surface area is 144 Å². The first-order valence-electron chi connectivity index (χ1n) is 7.76. The third kappa shape index (κ3) is 5.52. The Balaban J connectivity index is 0.00000264. The summed E-state index contributed by atoms with van der Waals surface area (Å²) in [6, 6.07) is 8.42. The van der Waals surface area contributed by atoms with Crippen LogP contribution >= 0.6 is 12.4 Å². The zero-order chi connectivity index (χ0) is 16.1. The van der Waals surface area contributed by atoms with Crippen molar-refractivity contribution in [2.24, 2.45) is 0 Å². The van der Waals surface area contributed by atoms with Crippen LogP contribution in [0.3, 0.4) is 0 Å².